The van der Waals surface area contributed by atoms with E-state index in [2.05, 4.69) is 39.4 Å². The van der Waals surface area contributed by atoms with E-state index in [0.717, 1.165) is 18.8 Å². The van der Waals surface area contributed by atoms with Crippen molar-refractivity contribution >= 4 is 34.4 Å². The number of carbonyl (C=O) groups is 1. The lowest BCUT2D eigenvalue weighted by molar-refractivity contribution is 0.0952. The molecule has 2 aromatic carbocycles. The van der Waals surface area contributed by atoms with E-state index in [-0.39, 0.29) is 23.2 Å². The molecule has 1 amide bonds. The molecular formula is C26H33N7O2. The number of carbonyl (C=O) groups excluding carboxylic acids is 1. The van der Waals surface area contributed by atoms with Crippen LogP contribution in [0.25, 0.3) is 22.3 Å². The molecule has 1 aliphatic rings. The lowest BCUT2D eigenvalue weighted by Gasteiger charge is -2.37. The molecule has 0 radical (unpaired) electrons. The van der Waals surface area contributed by atoms with Gasteiger partial charge in [-0.05, 0) is 52.0 Å². The number of hydrogen-bond donors (Lipinski definition) is 4. The summed E-state index contributed by atoms with van der Waals surface area (Å²) >= 11 is 0. The first-order valence-electron chi connectivity index (χ1n) is 11.9. The molecule has 0 spiro atoms. The highest BCUT2D eigenvalue weighted by Gasteiger charge is 2.24. The van der Waals surface area contributed by atoms with Crippen LogP contribution < -0.4 is 21.3 Å². The van der Waals surface area contributed by atoms with E-state index in [0.29, 0.717) is 51.9 Å². The number of nitrogens with one attached hydrogen (secondary N) is 2. The first-order valence-corrected chi connectivity index (χ1v) is 11.9. The number of aromatic nitrogens is 2. The van der Waals surface area contributed by atoms with Crippen LogP contribution in [-0.4, -0.2) is 66.0 Å². The fourth-order valence-electron chi connectivity index (χ4n) is 4.65. The van der Waals surface area contributed by atoms with Crippen molar-refractivity contribution in [3.63, 3.8) is 0 Å². The molecule has 1 aliphatic heterocycles. The Kier molecular flexibility index (Phi) is 6.88. The maximum Gasteiger partial charge on any atom is 0.270 e. The van der Waals surface area contributed by atoms with E-state index in [4.69, 9.17) is 10.7 Å². The van der Waals surface area contributed by atoms with Gasteiger partial charge in [0.25, 0.3) is 5.91 Å². The van der Waals surface area contributed by atoms with E-state index in [9.17, 15) is 9.90 Å². The lowest BCUT2D eigenvalue weighted by Crippen LogP contribution is -2.54. The van der Waals surface area contributed by atoms with Gasteiger partial charge >= 0.3 is 0 Å². The minimum atomic E-state index is -0.289. The summed E-state index contributed by atoms with van der Waals surface area (Å²) in [7, 11) is 1.65. The molecule has 9 heteroatoms. The highest BCUT2D eigenvalue weighted by atomic mass is 16.3. The largest absolute Gasteiger partial charge is 0.507 e. The predicted octanol–water partition coefficient (Wildman–Crippen LogP) is 2.88. The fourth-order valence-corrected chi connectivity index (χ4v) is 4.65. The number of phenolic OH excluding ortho intramolecular Hbond substituents is 1. The number of amides is 1. The topological polar surface area (TPSA) is 129 Å². The Bertz CT molecular complexity index is 1290. The maximum atomic E-state index is 13.1. The second-order valence-electron chi connectivity index (χ2n) is 9.12. The Morgan fingerprint density at radius 3 is 2.66 bits per heavy atom. The number of nitrogens with two attached hydrogens (primary N) is 1. The number of nitrogen functional groups attached to an aromatic ring is 1. The number of piperazine rings is 1. The Labute approximate surface area is 205 Å². The van der Waals surface area contributed by atoms with Gasteiger partial charge in [0.2, 0.25) is 0 Å². The summed E-state index contributed by atoms with van der Waals surface area (Å²) in [6.45, 7) is 10.1. The average molecular weight is 476 g/mol. The van der Waals surface area contributed by atoms with E-state index in [1.54, 1.807) is 26.3 Å². The smallest absolute Gasteiger partial charge is 0.270 e. The number of anilines is 2. The van der Waals surface area contributed by atoms with Crippen LogP contribution in [0.3, 0.4) is 0 Å². The van der Waals surface area contributed by atoms with Gasteiger partial charge in [-0.3, -0.25) is 9.79 Å². The van der Waals surface area contributed by atoms with Gasteiger partial charge in [0.15, 0.2) is 5.82 Å². The van der Waals surface area contributed by atoms with Crippen molar-refractivity contribution in [3.8, 4) is 17.1 Å². The Morgan fingerprint density at radius 1 is 1.29 bits per heavy atom. The zero-order chi connectivity index (χ0) is 25.3. The van der Waals surface area contributed by atoms with E-state index >= 15 is 0 Å². The molecule has 1 saturated heterocycles. The SMILES string of the molecule is CCNC(=O)c1nc(-c2cc(C=NC)c(N)c(C)c2O)nc2ccc(N3CC(C)NC(C)C3)cc12. The molecule has 0 saturated carbocycles. The van der Waals surface area contributed by atoms with Gasteiger partial charge in [-0.1, -0.05) is 0 Å². The number of hydrogen-bond acceptors (Lipinski definition) is 8. The fraction of sp³-hybridized carbons (Fsp3) is 0.385. The van der Waals surface area contributed by atoms with Crippen LogP contribution in [0, 0.1) is 6.92 Å². The Hall–Kier alpha value is -3.72. The van der Waals surface area contributed by atoms with E-state index < -0.39 is 0 Å². The minimum absolute atomic E-state index is 0.0163. The molecule has 0 bridgehead atoms. The number of rotatable bonds is 5. The van der Waals surface area contributed by atoms with Gasteiger partial charge in [-0.25, -0.2) is 9.97 Å². The quantitative estimate of drug-likeness (QED) is 0.330. The molecule has 4 rings (SSSR count). The highest BCUT2D eigenvalue weighted by Crippen LogP contribution is 2.36. The van der Waals surface area contributed by atoms with Crippen molar-refractivity contribution < 1.29 is 9.90 Å². The maximum absolute atomic E-state index is 13.1. The van der Waals surface area contributed by atoms with E-state index in [1.807, 2.05) is 25.1 Å². The van der Waals surface area contributed by atoms with Crippen LogP contribution in [0.4, 0.5) is 11.4 Å². The monoisotopic (exact) mass is 475 g/mol. The van der Waals surface area contributed by atoms with Crippen LogP contribution in [-0.2, 0) is 0 Å². The van der Waals surface area contributed by atoms with E-state index in [1.165, 1.54) is 0 Å². The van der Waals surface area contributed by atoms with Crippen molar-refractivity contribution in [2.75, 3.05) is 37.3 Å². The highest BCUT2D eigenvalue weighted by molar-refractivity contribution is 6.06. The molecule has 5 N–H and O–H groups in total. The molecule has 184 valence electrons. The summed E-state index contributed by atoms with van der Waals surface area (Å²) in [6.07, 6.45) is 1.62. The molecule has 35 heavy (non-hydrogen) atoms. The van der Waals surface area contributed by atoms with Gasteiger partial charge in [0, 0.05) is 72.9 Å². The third-order valence-corrected chi connectivity index (χ3v) is 6.29. The summed E-state index contributed by atoms with van der Waals surface area (Å²) in [4.78, 5) is 28.8. The summed E-state index contributed by atoms with van der Waals surface area (Å²) < 4.78 is 0. The third-order valence-electron chi connectivity index (χ3n) is 6.29. The first kappa shape index (κ1) is 24.4. The normalized spacial score (nSPS) is 18.4. The molecule has 0 aliphatic carbocycles. The van der Waals surface area contributed by atoms with Crippen LogP contribution in [0.1, 0.15) is 42.4 Å². The summed E-state index contributed by atoms with van der Waals surface area (Å²) in [5.74, 6) is -0.0537. The van der Waals surface area contributed by atoms with Gasteiger partial charge in [0.1, 0.15) is 11.4 Å². The lowest BCUT2D eigenvalue weighted by atomic mass is 10.0. The first-order chi connectivity index (χ1) is 16.7. The van der Waals surface area contributed by atoms with Crippen molar-refractivity contribution in [1.29, 1.82) is 0 Å². The van der Waals surface area contributed by atoms with Crippen LogP contribution >= 0.6 is 0 Å². The molecule has 2 unspecified atom stereocenters. The minimum Gasteiger partial charge on any atom is -0.507 e. The molecule has 2 heterocycles. The standard InChI is InChI=1S/C26H33N7O2/c1-6-29-26(35)23-19-10-18(33-12-14(2)30-15(3)13-33)7-8-21(19)31-25(32-23)20-9-17(11-28-5)22(27)16(4)24(20)34/h7-11,14-15,30,34H,6,12-13,27H2,1-5H3,(H,29,35). The summed E-state index contributed by atoms with van der Waals surface area (Å²) in [5.41, 5.74) is 10.1. The molecule has 9 nitrogen and oxygen atoms in total. The Balaban J connectivity index is 1.90. The van der Waals surface area contributed by atoms with Crippen LogP contribution in [0.5, 0.6) is 5.75 Å². The number of benzene rings is 2. The number of phenols is 1. The predicted molar refractivity (Wildman–Crippen MR) is 142 cm³/mol. The molecule has 1 fully saturated rings. The van der Waals surface area contributed by atoms with Crippen molar-refractivity contribution in [2.45, 2.75) is 39.8 Å². The molecule has 3 aromatic rings. The molecule has 2 atom stereocenters. The second kappa shape index (κ2) is 9.87. The van der Waals surface area contributed by atoms with Crippen molar-refractivity contribution in [1.82, 2.24) is 20.6 Å². The molecule has 1 aromatic heterocycles. The van der Waals surface area contributed by atoms with Crippen molar-refractivity contribution in [2.24, 2.45) is 4.99 Å². The average Bonchev–Trinajstić information content (AvgIpc) is 2.83. The van der Waals surface area contributed by atoms with Gasteiger partial charge in [-0.15, -0.1) is 0 Å². The zero-order valence-electron chi connectivity index (χ0n) is 20.9. The van der Waals surface area contributed by atoms with Gasteiger partial charge < -0.3 is 26.4 Å². The van der Waals surface area contributed by atoms with Gasteiger partial charge in [-0.2, -0.15) is 0 Å². The third kappa shape index (κ3) is 4.77. The van der Waals surface area contributed by atoms with Gasteiger partial charge in [0.05, 0.1) is 11.1 Å². The number of aliphatic imine (C=N–C) groups is 1. The zero-order valence-corrected chi connectivity index (χ0v) is 20.9. The summed E-state index contributed by atoms with van der Waals surface area (Å²) in [5, 5.41) is 17.9. The second-order valence-corrected chi connectivity index (χ2v) is 9.12. The molecular weight excluding hydrogens is 442 g/mol. The number of aromatic hydroxyl groups is 1. The van der Waals surface area contributed by atoms with Crippen LogP contribution in [0.2, 0.25) is 0 Å². The van der Waals surface area contributed by atoms with Crippen molar-refractivity contribution in [3.05, 3.63) is 41.1 Å². The number of nitrogens with zero attached hydrogens (tertiary/aromatic N) is 4. The number of fused-ring (bicyclic) bond motifs is 1. The Morgan fingerprint density at radius 2 is 2.00 bits per heavy atom. The van der Waals surface area contributed by atoms with Crippen LogP contribution in [0.15, 0.2) is 29.3 Å². The summed E-state index contributed by atoms with van der Waals surface area (Å²) in [6, 6.07) is 8.32.